The van der Waals surface area contributed by atoms with Crippen LogP contribution >= 0.6 is 0 Å². The summed E-state index contributed by atoms with van der Waals surface area (Å²) in [6, 6.07) is 9.88. The number of esters is 1. The van der Waals surface area contributed by atoms with Crippen molar-refractivity contribution in [2.75, 3.05) is 6.61 Å². The first-order valence-electron chi connectivity index (χ1n) is 4.46. The normalized spacial score (nSPS) is 8.64. The first kappa shape index (κ1) is 10.3. The number of ether oxygens (including phenoxy) is 1. The van der Waals surface area contributed by atoms with Crippen molar-refractivity contribution in [1.82, 2.24) is 0 Å². The molecule has 0 N–H and O–H groups in total. The summed E-state index contributed by atoms with van der Waals surface area (Å²) in [6.07, 6.45) is 0.734. The highest BCUT2D eigenvalue weighted by Gasteiger charge is 1.96. The quantitative estimate of drug-likeness (QED) is 0.410. The molecule has 72 valence electrons. The van der Waals surface area contributed by atoms with E-state index in [1.54, 1.807) is 6.92 Å². The maximum atomic E-state index is 10.8. The number of hydrogen-bond donors (Lipinski definition) is 0. The molecule has 2 heteroatoms. The lowest BCUT2D eigenvalue weighted by atomic mass is 10.2. The van der Waals surface area contributed by atoms with Gasteiger partial charge in [0.1, 0.15) is 0 Å². The van der Waals surface area contributed by atoms with Gasteiger partial charge in [-0.3, -0.25) is 0 Å². The van der Waals surface area contributed by atoms with E-state index in [9.17, 15) is 4.79 Å². The Labute approximate surface area is 83.9 Å². The van der Waals surface area contributed by atoms with Crippen LogP contribution in [0.5, 0.6) is 0 Å². The summed E-state index contributed by atoms with van der Waals surface area (Å²) in [4.78, 5) is 10.8. The van der Waals surface area contributed by atoms with Crippen LogP contribution in [0.3, 0.4) is 0 Å². The number of carbonyl (C=O) groups excluding carboxylic acids is 1. The summed E-state index contributed by atoms with van der Waals surface area (Å²) < 4.78 is 4.87. The number of carbonyl (C=O) groups is 1. The molecule has 0 aliphatic carbocycles. The lowest BCUT2D eigenvalue weighted by Crippen LogP contribution is -2.04. The van der Waals surface area contributed by atoms with Crippen LogP contribution < -0.4 is 0 Å². The van der Waals surface area contributed by atoms with E-state index in [0.29, 0.717) is 6.61 Å². The van der Waals surface area contributed by atoms with Gasteiger partial charge in [-0.1, -0.05) is 36.3 Å². The van der Waals surface area contributed by atoms with Gasteiger partial charge in [-0.15, -0.1) is 0 Å². The molecule has 0 aliphatic heterocycles. The number of benzene rings is 1. The molecule has 0 aromatic heterocycles. The molecule has 0 saturated carbocycles. The van der Waals surface area contributed by atoms with Crippen LogP contribution in [-0.2, 0) is 16.0 Å². The van der Waals surface area contributed by atoms with Gasteiger partial charge in [-0.05, 0) is 12.5 Å². The highest BCUT2D eigenvalue weighted by atomic mass is 16.5. The zero-order chi connectivity index (χ0) is 10.2. The van der Waals surface area contributed by atoms with Gasteiger partial charge in [0.05, 0.1) is 6.61 Å². The van der Waals surface area contributed by atoms with E-state index in [4.69, 9.17) is 4.74 Å². The fourth-order valence-corrected chi connectivity index (χ4v) is 1.04. The van der Waals surface area contributed by atoms with Gasteiger partial charge in [-0.25, -0.2) is 4.79 Å². The van der Waals surface area contributed by atoms with E-state index in [-0.39, 0.29) is 0 Å². The van der Waals surface area contributed by atoms with E-state index in [1.165, 1.54) is 0 Å². The van der Waals surface area contributed by atoms with Crippen LogP contribution in [0.4, 0.5) is 0 Å². The summed E-state index contributed by atoms with van der Waals surface area (Å²) >= 11 is 0. The van der Waals surface area contributed by atoms with Gasteiger partial charge in [0, 0.05) is 12.3 Å². The van der Waals surface area contributed by atoms with Gasteiger partial charge in [0.15, 0.2) is 0 Å². The minimum atomic E-state index is -0.455. The summed E-state index contributed by atoms with van der Waals surface area (Å²) in [5.41, 5.74) is 1.16. The SMILES string of the molecule is CC#CC(=O)OCCc1ccccc1. The van der Waals surface area contributed by atoms with Gasteiger partial charge >= 0.3 is 5.97 Å². The minimum absolute atomic E-state index is 0.386. The van der Waals surface area contributed by atoms with E-state index in [1.807, 2.05) is 30.3 Å². The fourth-order valence-electron chi connectivity index (χ4n) is 1.04. The maximum absolute atomic E-state index is 10.8. The van der Waals surface area contributed by atoms with E-state index < -0.39 is 5.97 Å². The summed E-state index contributed by atoms with van der Waals surface area (Å²) in [5.74, 6) is 4.36. The lowest BCUT2D eigenvalue weighted by molar-refractivity contribution is -0.136. The van der Waals surface area contributed by atoms with E-state index >= 15 is 0 Å². The second-order valence-corrected chi connectivity index (χ2v) is 2.75. The van der Waals surface area contributed by atoms with Crippen molar-refractivity contribution in [3.63, 3.8) is 0 Å². The molecule has 0 atom stereocenters. The van der Waals surface area contributed by atoms with E-state index in [0.717, 1.165) is 12.0 Å². The van der Waals surface area contributed by atoms with Crippen LogP contribution in [0.2, 0.25) is 0 Å². The smallest absolute Gasteiger partial charge is 0.384 e. The summed E-state index contributed by atoms with van der Waals surface area (Å²) in [7, 11) is 0. The van der Waals surface area contributed by atoms with Crippen LogP contribution in [0.15, 0.2) is 30.3 Å². The van der Waals surface area contributed by atoms with Gasteiger partial charge in [-0.2, -0.15) is 0 Å². The average molecular weight is 188 g/mol. The Morgan fingerprint density at radius 2 is 2.07 bits per heavy atom. The molecule has 14 heavy (non-hydrogen) atoms. The topological polar surface area (TPSA) is 26.3 Å². The standard InChI is InChI=1S/C12H12O2/c1-2-6-12(13)14-10-9-11-7-4-3-5-8-11/h3-5,7-8H,9-10H2,1H3. The molecule has 0 bridgehead atoms. The summed E-state index contributed by atoms with van der Waals surface area (Å²) in [5, 5.41) is 0. The van der Waals surface area contributed by atoms with Crippen LogP contribution in [0, 0.1) is 11.8 Å². The molecule has 0 saturated heterocycles. The molecule has 1 aromatic carbocycles. The monoisotopic (exact) mass is 188 g/mol. The number of rotatable bonds is 3. The molecule has 0 fully saturated rings. The Morgan fingerprint density at radius 1 is 1.36 bits per heavy atom. The van der Waals surface area contributed by atoms with E-state index in [2.05, 4.69) is 11.8 Å². The Bertz CT molecular complexity index is 344. The van der Waals surface area contributed by atoms with Crippen LogP contribution in [0.1, 0.15) is 12.5 Å². The van der Waals surface area contributed by atoms with Crippen molar-refractivity contribution in [2.45, 2.75) is 13.3 Å². The molecule has 0 unspecified atom stereocenters. The first-order valence-corrected chi connectivity index (χ1v) is 4.46. The van der Waals surface area contributed by atoms with Crippen LogP contribution in [0.25, 0.3) is 0 Å². The Morgan fingerprint density at radius 3 is 2.71 bits per heavy atom. The van der Waals surface area contributed by atoms with Crippen LogP contribution in [-0.4, -0.2) is 12.6 Å². The number of hydrogen-bond acceptors (Lipinski definition) is 2. The molecule has 0 spiro atoms. The fraction of sp³-hybridized carbons (Fsp3) is 0.250. The van der Waals surface area contributed by atoms with Gasteiger partial charge < -0.3 is 4.74 Å². The lowest BCUT2D eigenvalue weighted by Gasteiger charge is -2.00. The van der Waals surface area contributed by atoms with Crippen molar-refractivity contribution < 1.29 is 9.53 Å². The Kier molecular flexibility index (Phi) is 4.30. The third kappa shape index (κ3) is 3.77. The molecule has 0 radical (unpaired) electrons. The van der Waals surface area contributed by atoms with Crippen molar-refractivity contribution >= 4 is 5.97 Å². The van der Waals surface area contributed by atoms with Crippen molar-refractivity contribution in [3.8, 4) is 11.8 Å². The largest absolute Gasteiger partial charge is 0.456 e. The molecular weight excluding hydrogens is 176 g/mol. The van der Waals surface area contributed by atoms with Crippen molar-refractivity contribution in [3.05, 3.63) is 35.9 Å². The minimum Gasteiger partial charge on any atom is -0.456 e. The van der Waals surface area contributed by atoms with Gasteiger partial charge in [0.25, 0.3) is 0 Å². The predicted molar refractivity (Wildman–Crippen MR) is 54.6 cm³/mol. The van der Waals surface area contributed by atoms with Crippen molar-refractivity contribution in [2.24, 2.45) is 0 Å². The predicted octanol–water partition coefficient (Wildman–Crippen LogP) is 1.80. The molecule has 0 heterocycles. The van der Waals surface area contributed by atoms with Crippen molar-refractivity contribution in [1.29, 1.82) is 0 Å². The zero-order valence-corrected chi connectivity index (χ0v) is 8.12. The molecule has 1 rings (SSSR count). The average Bonchev–Trinajstić information content (AvgIpc) is 2.20. The Balaban J connectivity index is 2.28. The first-order chi connectivity index (χ1) is 6.83. The second kappa shape index (κ2) is 5.82. The maximum Gasteiger partial charge on any atom is 0.384 e. The zero-order valence-electron chi connectivity index (χ0n) is 8.12. The molecular formula is C12H12O2. The third-order valence-electron chi connectivity index (χ3n) is 1.69. The highest BCUT2D eigenvalue weighted by molar-refractivity contribution is 5.88. The highest BCUT2D eigenvalue weighted by Crippen LogP contribution is 1.99. The Hall–Kier alpha value is -1.75. The second-order valence-electron chi connectivity index (χ2n) is 2.75. The summed E-state index contributed by atoms with van der Waals surface area (Å²) in [6.45, 7) is 2.00. The third-order valence-corrected chi connectivity index (χ3v) is 1.69. The molecule has 0 amide bonds. The molecule has 1 aromatic rings. The molecule has 0 aliphatic rings. The molecule has 2 nitrogen and oxygen atoms in total. The van der Waals surface area contributed by atoms with Gasteiger partial charge in [0.2, 0.25) is 0 Å².